The van der Waals surface area contributed by atoms with E-state index < -0.39 is 5.60 Å². The van der Waals surface area contributed by atoms with Crippen molar-refractivity contribution in [2.75, 3.05) is 20.3 Å². The van der Waals surface area contributed by atoms with Crippen LogP contribution in [0.1, 0.15) is 29.5 Å². The van der Waals surface area contributed by atoms with E-state index in [1.54, 1.807) is 13.2 Å². The number of hydrogen-bond acceptors (Lipinski definition) is 5. The third-order valence-electron chi connectivity index (χ3n) is 5.60. The first-order chi connectivity index (χ1) is 15.1. The monoisotopic (exact) mass is 437 g/mol. The number of halogens is 1. The van der Waals surface area contributed by atoms with E-state index >= 15 is 0 Å². The lowest BCUT2D eigenvalue weighted by Crippen LogP contribution is -2.35. The van der Waals surface area contributed by atoms with Crippen LogP contribution in [0.15, 0.2) is 87.7 Å². The molecule has 4 nitrogen and oxygen atoms in total. The second kappa shape index (κ2) is 9.64. The predicted molar refractivity (Wildman–Crippen MR) is 120 cm³/mol. The van der Waals surface area contributed by atoms with E-state index in [1.807, 2.05) is 60.7 Å². The molecule has 1 saturated heterocycles. The molecule has 1 heterocycles. The smallest absolute Gasteiger partial charge is 0.124 e. The number of oxime groups is 1. The molecule has 0 radical (unpaired) electrons. The van der Waals surface area contributed by atoms with E-state index in [9.17, 15) is 9.60 Å². The van der Waals surface area contributed by atoms with Crippen LogP contribution < -0.4 is 0 Å². The Morgan fingerprint density at radius 1 is 0.968 bits per heavy atom. The molecule has 0 amide bonds. The first-order valence-electron chi connectivity index (χ1n) is 10.1. The summed E-state index contributed by atoms with van der Waals surface area (Å²) >= 11 is 1.48. The van der Waals surface area contributed by atoms with E-state index in [2.05, 4.69) is 5.16 Å². The van der Waals surface area contributed by atoms with Gasteiger partial charge in [0.2, 0.25) is 0 Å². The largest absolute Gasteiger partial charge is 0.410 e. The molecule has 4 rings (SSSR count). The molecule has 0 bridgehead atoms. The summed E-state index contributed by atoms with van der Waals surface area (Å²) in [6, 6.07) is 22.3. The maximum Gasteiger partial charge on any atom is 0.124 e. The molecule has 0 atom stereocenters. The van der Waals surface area contributed by atoms with Gasteiger partial charge in [0.1, 0.15) is 11.5 Å². The van der Waals surface area contributed by atoms with Crippen molar-refractivity contribution in [2.24, 2.45) is 5.16 Å². The van der Waals surface area contributed by atoms with E-state index in [0.717, 1.165) is 26.5 Å². The Hall–Kier alpha value is -2.67. The Morgan fingerprint density at radius 2 is 1.65 bits per heavy atom. The highest BCUT2D eigenvalue weighted by Gasteiger charge is 2.35. The summed E-state index contributed by atoms with van der Waals surface area (Å²) < 4.78 is 25.7. The van der Waals surface area contributed by atoms with E-state index in [4.69, 9.17) is 9.47 Å². The van der Waals surface area contributed by atoms with Gasteiger partial charge in [-0.2, -0.15) is 0 Å². The van der Waals surface area contributed by atoms with E-state index in [1.165, 1.54) is 17.8 Å². The summed E-state index contributed by atoms with van der Waals surface area (Å²) in [5.74, 6) is -0.279. The van der Waals surface area contributed by atoms with Crippen LogP contribution in [0.5, 0.6) is 0 Å². The summed E-state index contributed by atoms with van der Waals surface area (Å²) in [5, 5.41) is 13.0. The summed E-state index contributed by atoms with van der Waals surface area (Å²) in [6.07, 6.45) is 1.41. The van der Waals surface area contributed by atoms with Crippen LogP contribution in [0.3, 0.4) is 0 Å². The first kappa shape index (κ1) is 21.6. The minimum atomic E-state index is -0.512. The highest BCUT2D eigenvalue weighted by Crippen LogP contribution is 2.39. The van der Waals surface area contributed by atoms with Crippen LogP contribution in [-0.2, 0) is 15.1 Å². The molecule has 1 aliphatic rings. The minimum absolute atomic E-state index is 0.279. The topological polar surface area (TPSA) is 51.0 Å². The fourth-order valence-electron chi connectivity index (χ4n) is 3.89. The Labute approximate surface area is 185 Å². The second-order valence-corrected chi connectivity index (χ2v) is 8.57. The Bertz CT molecular complexity index is 1050. The number of nitrogens with zero attached hydrogens (tertiary/aromatic N) is 1. The lowest BCUT2D eigenvalue weighted by Gasteiger charge is -2.36. The van der Waals surface area contributed by atoms with Crippen molar-refractivity contribution >= 4 is 17.5 Å². The fraction of sp³-hybridized carbons (Fsp3) is 0.240. The number of benzene rings is 3. The van der Waals surface area contributed by atoms with Gasteiger partial charge in [0.25, 0.3) is 0 Å². The minimum Gasteiger partial charge on any atom is -0.410 e. The molecule has 1 aliphatic heterocycles. The maximum absolute atomic E-state index is 14.5. The number of hydrogen-bond donors (Lipinski definition) is 1. The molecule has 0 aliphatic carbocycles. The summed E-state index contributed by atoms with van der Waals surface area (Å²) in [7, 11) is 1.68. The summed E-state index contributed by atoms with van der Waals surface area (Å²) in [6.45, 7) is 1.20. The third-order valence-corrected chi connectivity index (χ3v) is 6.58. The molecule has 31 heavy (non-hydrogen) atoms. The number of methoxy groups -OCH3 is 1. The standard InChI is InChI=1S/C25H24FNO3S/c1-29-25(11-13-30-14-12-25)20-15-21(26)17-23(16-20)31-22-9-7-19(8-10-22)24(27-28)18-5-3-2-4-6-18/h2-10,15-17,28H,11-14H2,1H3. The Kier molecular flexibility index (Phi) is 6.70. The molecule has 0 saturated carbocycles. The highest BCUT2D eigenvalue weighted by molar-refractivity contribution is 7.99. The first-order valence-corrected chi connectivity index (χ1v) is 10.9. The predicted octanol–water partition coefficient (Wildman–Crippen LogP) is 5.86. The summed E-state index contributed by atoms with van der Waals surface area (Å²) in [5.41, 5.74) is 2.48. The van der Waals surface area contributed by atoms with Gasteiger partial charge in [-0.25, -0.2) is 4.39 Å². The Balaban J connectivity index is 1.56. The van der Waals surface area contributed by atoms with Crippen LogP contribution in [-0.4, -0.2) is 31.2 Å². The van der Waals surface area contributed by atoms with Crippen molar-refractivity contribution in [3.63, 3.8) is 0 Å². The molecule has 1 N–H and O–H groups in total. The fourth-order valence-corrected chi connectivity index (χ4v) is 4.79. The van der Waals surface area contributed by atoms with Gasteiger partial charge in [0.15, 0.2) is 0 Å². The van der Waals surface area contributed by atoms with Gasteiger partial charge in [0.05, 0.1) is 5.60 Å². The van der Waals surface area contributed by atoms with Crippen molar-refractivity contribution in [1.82, 2.24) is 0 Å². The molecule has 6 heteroatoms. The normalized spacial score (nSPS) is 16.3. The van der Waals surface area contributed by atoms with Crippen molar-refractivity contribution in [3.05, 3.63) is 95.3 Å². The van der Waals surface area contributed by atoms with Crippen LogP contribution in [0.25, 0.3) is 0 Å². The quantitative estimate of drug-likeness (QED) is 0.298. The van der Waals surface area contributed by atoms with Crippen molar-refractivity contribution < 1.29 is 19.1 Å². The molecule has 0 aromatic heterocycles. The number of rotatable bonds is 6. The van der Waals surface area contributed by atoms with Gasteiger partial charge in [-0.15, -0.1) is 0 Å². The molecule has 0 unspecified atom stereocenters. The average Bonchev–Trinajstić information content (AvgIpc) is 2.81. The highest BCUT2D eigenvalue weighted by atomic mass is 32.2. The van der Waals surface area contributed by atoms with Gasteiger partial charge >= 0.3 is 0 Å². The molecule has 0 spiro atoms. The van der Waals surface area contributed by atoms with Crippen molar-refractivity contribution in [3.8, 4) is 0 Å². The van der Waals surface area contributed by atoms with Crippen LogP contribution in [0.4, 0.5) is 4.39 Å². The molecule has 3 aromatic carbocycles. The van der Waals surface area contributed by atoms with Gasteiger partial charge in [-0.1, -0.05) is 59.4 Å². The van der Waals surface area contributed by atoms with Gasteiger partial charge in [0, 0.05) is 54.1 Å². The van der Waals surface area contributed by atoms with E-state index in [-0.39, 0.29) is 5.82 Å². The average molecular weight is 438 g/mol. The molecule has 1 fully saturated rings. The SMILES string of the molecule is COC1(c2cc(F)cc(Sc3ccc(C(=NO)c4ccccc4)cc3)c2)CCOCC1. The Morgan fingerprint density at radius 3 is 2.29 bits per heavy atom. The lowest BCUT2D eigenvalue weighted by atomic mass is 9.86. The van der Waals surface area contributed by atoms with Gasteiger partial charge in [-0.3, -0.25) is 0 Å². The number of ether oxygens (including phenoxy) is 2. The second-order valence-electron chi connectivity index (χ2n) is 7.43. The van der Waals surface area contributed by atoms with Crippen LogP contribution >= 0.6 is 11.8 Å². The van der Waals surface area contributed by atoms with Crippen molar-refractivity contribution in [2.45, 2.75) is 28.2 Å². The van der Waals surface area contributed by atoms with E-state index in [0.29, 0.717) is 31.8 Å². The van der Waals surface area contributed by atoms with Crippen LogP contribution in [0.2, 0.25) is 0 Å². The zero-order valence-electron chi connectivity index (χ0n) is 17.3. The third kappa shape index (κ3) is 4.82. The van der Waals surface area contributed by atoms with Gasteiger partial charge in [-0.05, 0) is 35.9 Å². The van der Waals surface area contributed by atoms with Crippen LogP contribution in [0, 0.1) is 5.82 Å². The molecular weight excluding hydrogens is 413 g/mol. The zero-order chi connectivity index (χ0) is 21.7. The van der Waals surface area contributed by atoms with Gasteiger partial charge < -0.3 is 14.7 Å². The van der Waals surface area contributed by atoms with Crippen molar-refractivity contribution in [1.29, 1.82) is 0 Å². The molecular formula is C25H24FNO3S. The summed E-state index contributed by atoms with van der Waals surface area (Å²) in [4.78, 5) is 1.77. The molecule has 3 aromatic rings. The maximum atomic E-state index is 14.5. The zero-order valence-corrected chi connectivity index (χ0v) is 18.1. The molecule has 160 valence electrons. The lowest BCUT2D eigenvalue weighted by molar-refractivity contribution is -0.0950.